The van der Waals surface area contributed by atoms with E-state index >= 15 is 0 Å². The van der Waals surface area contributed by atoms with Crippen molar-refractivity contribution in [2.24, 2.45) is 5.41 Å². The maximum absolute atomic E-state index is 12.6. The molecule has 2 aromatic rings. The smallest absolute Gasteiger partial charge is 0.475 e. The third-order valence-corrected chi connectivity index (χ3v) is 7.07. The van der Waals surface area contributed by atoms with Gasteiger partial charge in [-0.3, -0.25) is 9.59 Å². The molecule has 0 aliphatic carbocycles. The average molecular weight is 536 g/mol. The molecule has 3 aliphatic rings. The minimum absolute atomic E-state index is 0.00485. The van der Waals surface area contributed by atoms with Crippen LogP contribution < -0.4 is 10.6 Å². The molecule has 37 heavy (non-hydrogen) atoms. The fourth-order valence-corrected chi connectivity index (χ4v) is 4.81. The summed E-state index contributed by atoms with van der Waals surface area (Å²) in [6, 6.07) is 2.02. The van der Waals surface area contributed by atoms with Crippen molar-refractivity contribution in [3.05, 3.63) is 57.7 Å². The predicted octanol–water partition coefficient (Wildman–Crippen LogP) is 2.67. The number of hydrogen-bond donors (Lipinski definition) is 3. The number of carboxylic acids is 1. The van der Waals surface area contributed by atoms with E-state index in [0.717, 1.165) is 35.5 Å². The van der Waals surface area contributed by atoms with E-state index in [9.17, 15) is 22.8 Å². The van der Waals surface area contributed by atoms with Gasteiger partial charge in [-0.05, 0) is 36.1 Å². The summed E-state index contributed by atoms with van der Waals surface area (Å²) in [5.74, 6) is -2.07. The van der Waals surface area contributed by atoms with Gasteiger partial charge in [-0.1, -0.05) is 11.6 Å². The second-order valence-corrected chi connectivity index (χ2v) is 9.91. The second-order valence-electron chi connectivity index (χ2n) is 8.93. The zero-order valence-electron chi connectivity index (χ0n) is 19.5. The molecular weight excluding hydrogens is 511 g/mol. The fraction of sp³-hybridized carbons (Fsp3) is 0.375. The van der Waals surface area contributed by atoms with E-state index in [1.807, 2.05) is 28.6 Å². The molecule has 1 spiro atoms. The number of thiazole rings is 1. The third kappa shape index (κ3) is 6.41. The first-order valence-electron chi connectivity index (χ1n) is 11.4. The SMILES string of the molecule is O=C(/C=C/c1cnc2c(c1)CC1(CNC1)C(=O)N2)N1CC=C(Cc2nccs2)CC1.O=C(O)C(F)(F)F. The number of pyridine rings is 1. The number of amides is 2. The first kappa shape index (κ1) is 26.5. The number of aliphatic carboxylic acids is 1. The molecule has 0 bridgehead atoms. The molecule has 9 nitrogen and oxygen atoms in total. The van der Waals surface area contributed by atoms with Crippen molar-refractivity contribution in [3.63, 3.8) is 0 Å². The standard InChI is InChI=1S/C22H23N5O2S.C2HF3O2/c28-19(27-6-3-15(4-7-27)10-18-24-5-8-30-18)2-1-16-9-17-11-22(13-23-14-22)21(29)26-20(17)25-12-16;3-2(4,5)1(6)7/h1-3,5,8-9,12,23H,4,6-7,10-11,13-14H2,(H,25,26,29);(H,6,7)/b2-1+;. The van der Waals surface area contributed by atoms with Crippen molar-refractivity contribution in [1.29, 1.82) is 0 Å². The van der Waals surface area contributed by atoms with Gasteiger partial charge in [0.1, 0.15) is 5.82 Å². The van der Waals surface area contributed by atoms with Crippen molar-refractivity contribution in [3.8, 4) is 0 Å². The number of carbonyl (C=O) groups excluding carboxylic acids is 2. The highest BCUT2D eigenvalue weighted by Crippen LogP contribution is 2.36. The summed E-state index contributed by atoms with van der Waals surface area (Å²) in [5, 5.41) is 16.3. The Bertz CT molecular complexity index is 1240. The quantitative estimate of drug-likeness (QED) is 0.406. The highest BCUT2D eigenvalue weighted by atomic mass is 32.1. The van der Waals surface area contributed by atoms with E-state index in [1.165, 1.54) is 5.57 Å². The highest BCUT2D eigenvalue weighted by Gasteiger charge is 2.47. The largest absolute Gasteiger partial charge is 0.490 e. The minimum atomic E-state index is -5.08. The van der Waals surface area contributed by atoms with Crippen LogP contribution in [0.15, 0.2) is 41.6 Å². The lowest BCUT2D eigenvalue weighted by Crippen LogP contribution is -2.62. The van der Waals surface area contributed by atoms with Crippen molar-refractivity contribution < 1.29 is 32.7 Å². The van der Waals surface area contributed by atoms with Crippen LogP contribution in [0.2, 0.25) is 0 Å². The van der Waals surface area contributed by atoms with Crippen LogP contribution in [0.1, 0.15) is 22.6 Å². The first-order chi connectivity index (χ1) is 17.6. The zero-order valence-corrected chi connectivity index (χ0v) is 20.4. The number of aromatic nitrogens is 2. The molecule has 0 atom stereocenters. The molecule has 0 unspecified atom stereocenters. The monoisotopic (exact) mass is 535 g/mol. The molecule has 2 aromatic heterocycles. The predicted molar refractivity (Wildman–Crippen MR) is 130 cm³/mol. The van der Waals surface area contributed by atoms with Crippen molar-refractivity contribution >= 4 is 41.0 Å². The van der Waals surface area contributed by atoms with Gasteiger partial charge in [0.05, 0.1) is 10.4 Å². The number of carboxylic acid groups (broad SMARTS) is 1. The second kappa shape index (κ2) is 10.8. The van der Waals surface area contributed by atoms with Crippen LogP contribution in [-0.2, 0) is 27.2 Å². The van der Waals surface area contributed by atoms with E-state index in [4.69, 9.17) is 9.90 Å². The molecule has 0 radical (unpaired) electrons. The Labute approximate surface area is 214 Å². The van der Waals surface area contributed by atoms with E-state index in [-0.39, 0.29) is 17.2 Å². The van der Waals surface area contributed by atoms with Crippen molar-refractivity contribution in [1.82, 2.24) is 20.2 Å². The molecule has 0 aromatic carbocycles. The van der Waals surface area contributed by atoms with Crippen LogP contribution in [0.4, 0.5) is 19.0 Å². The molecule has 3 aliphatic heterocycles. The number of hydrogen-bond acceptors (Lipinski definition) is 7. The van der Waals surface area contributed by atoms with E-state index in [0.29, 0.717) is 31.9 Å². The van der Waals surface area contributed by atoms with Crippen LogP contribution in [0.3, 0.4) is 0 Å². The lowest BCUT2D eigenvalue weighted by Gasteiger charge is -2.43. The Morgan fingerprint density at radius 3 is 2.59 bits per heavy atom. The molecule has 196 valence electrons. The number of halogens is 3. The Morgan fingerprint density at radius 2 is 2.03 bits per heavy atom. The van der Waals surface area contributed by atoms with Crippen LogP contribution >= 0.6 is 11.3 Å². The van der Waals surface area contributed by atoms with Crippen LogP contribution in [0.25, 0.3) is 6.08 Å². The molecule has 0 saturated carbocycles. The molecule has 13 heteroatoms. The van der Waals surface area contributed by atoms with Crippen LogP contribution in [0, 0.1) is 5.41 Å². The molecular formula is C24H24F3N5O4S. The van der Waals surface area contributed by atoms with Gasteiger partial charge >= 0.3 is 12.1 Å². The fourth-order valence-electron chi connectivity index (χ4n) is 4.14. The van der Waals surface area contributed by atoms with Gasteiger partial charge in [0.25, 0.3) is 0 Å². The summed E-state index contributed by atoms with van der Waals surface area (Å²) in [5.41, 5.74) is 2.90. The summed E-state index contributed by atoms with van der Waals surface area (Å²) in [4.78, 5) is 44.4. The molecule has 1 fully saturated rings. The van der Waals surface area contributed by atoms with Gasteiger partial charge in [-0.2, -0.15) is 13.2 Å². The minimum Gasteiger partial charge on any atom is -0.475 e. The summed E-state index contributed by atoms with van der Waals surface area (Å²) in [6.45, 7) is 2.76. The Morgan fingerprint density at radius 1 is 1.27 bits per heavy atom. The van der Waals surface area contributed by atoms with Crippen LogP contribution in [-0.4, -0.2) is 70.1 Å². The van der Waals surface area contributed by atoms with Gasteiger partial charge in [0.2, 0.25) is 11.8 Å². The molecule has 2 amide bonds. The number of fused-ring (bicyclic) bond motifs is 1. The first-order valence-corrected chi connectivity index (χ1v) is 12.3. The maximum atomic E-state index is 12.6. The van der Waals surface area contributed by atoms with Gasteiger partial charge in [-0.25, -0.2) is 14.8 Å². The van der Waals surface area contributed by atoms with Gasteiger partial charge in [-0.15, -0.1) is 11.3 Å². The summed E-state index contributed by atoms with van der Waals surface area (Å²) >= 11 is 1.67. The summed E-state index contributed by atoms with van der Waals surface area (Å²) in [6.07, 6.45) is 6.46. The van der Waals surface area contributed by atoms with Crippen LogP contribution in [0.5, 0.6) is 0 Å². The number of nitrogens with zero attached hydrogens (tertiary/aromatic N) is 3. The average Bonchev–Trinajstić information content (AvgIpc) is 3.34. The number of anilines is 1. The van der Waals surface area contributed by atoms with E-state index < -0.39 is 12.1 Å². The van der Waals surface area contributed by atoms with E-state index in [1.54, 1.807) is 23.6 Å². The Hall–Kier alpha value is -3.58. The number of rotatable bonds is 4. The Kier molecular flexibility index (Phi) is 7.73. The number of carbonyl (C=O) groups is 3. The summed E-state index contributed by atoms with van der Waals surface area (Å²) in [7, 11) is 0. The molecule has 1 saturated heterocycles. The van der Waals surface area contributed by atoms with Gasteiger partial charge in [0, 0.05) is 56.4 Å². The maximum Gasteiger partial charge on any atom is 0.490 e. The van der Waals surface area contributed by atoms with Gasteiger partial charge in [0.15, 0.2) is 0 Å². The third-order valence-electron chi connectivity index (χ3n) is 6.29. The topological polar surface area (TPSA) is 125 Å². The number of alkyl halides is 3. The zero-order chi connectivity index (χ0) is 26.6. The van der Waals surface area contributed by atoms with Gasteiger partial charge < -0.3 is 20.6 Å². The molecule has 3 N–H and O–H groups in total. The lowest BCUT2D eigenvalue weighted by atomic mass is 9.73. The normalized spacial score (nSPS) is 18.3. The molecule has 5 heterocycles. The highest BCUT2D eigenvalue weighted by molar-refractivity contribution is 7.09. The summed E-state index contributed by atoms with van der Waals surface area (Å²) < 4.78 is 31.7. The van der Waals surface area contributed by atoms with Crippen molar-refractivity contribution in [2.45, 2.75) is 25.4 Å². The molecule has 5 rings (SSSR count). The lowest BCUT2D eigenvalue weighted by molar-refractivity contribution is -0.192. The number of nitrogens with one attached hydrogen (secondary N) is 2. The van der Waals surface area contributed by atoms with E-state index in [2.05, 4.69) is 26.7 Å². The Balaban J connectivity index is 0.000000405. The van der Waals surface area contributed by atoms with Crippen molar-refractivity contribution in [2.75, 3.05) is 31.5 Å².